The summed E-state index contributed by atoms with van der Waals surface area (Å²) in [6, 6.07) is 0. The fourth-order valence-corrected chi connectivity index (χ4v) is 1.63. The normalized spacial score (nSPS) is 20.2. The van der Waals surface area contributed by atoms with Crippen molar-refractivity contribution in [1.29, 1.82) is 0 Å². The zero-order chi connectivity index (χ0) is 10.0. The molecule has 1 unspecified atom stereocenters. The Morgan fingerprint density at radius 3 is 2.69 bits per heavy atom. The lowest BCUT2D eigenvalue weighted by molar-refractivity contribution is -0.153. The molecule has 2 amide bonds. The van der Waals surface area contributed by atoms with Crippen LogP contribution in [0.25, 0.3) is 0 Å². The number of halogens is 1. The summed E-state index contributed by atoms with van der Waals surface area (Å²) in [6.45, 7) is 0. The van der Waals surface area contributed by atoms with Gasteiger partial charge < -0.3 is 5.11 Å². The summed E-state index contributed by atoms with van der Waals surface area (Å²) in [6.07, 6.45) is -2.57. The van der Waals surface area contributed by atoms with E-state index in [2.05, 4.69) is 0 Å². The molecule has 1 heterocycles. The molecule has 1 rings (SSSR count). The van der Waals surface area contributed by atoms with Crippen LogP contribution in [0.15, 0.2) is 0 Å². The number of hydrogen-bond donors (Lipinski definition) is 1. The molecule has 1 N–H and O–H groups in total. The molecule has 1 saturated heterocycles. The van der Waals surface area contributed by atoms with E-state index in [4.69, 9.17) is 5.11 Å². The summed E-state index contributed by atoms with van der Waals surface area (Å²) in [5, 5.41) is 7.40. The number of aliphatic carboxylic acids is 1. The molecular weight excluding hydrogens is 201 g/mol. The summed E-state index contributed by atoms with van der Waals surface area (Å²) >= 11 is 0.739. The van der Waals surface area contributed by atoms with Gasteiger partial charge in [0.05, 0.1) is 0 Å². The van der Waals surface area contributed by atoms with Gasteiger partial charge in [-0.3, -0.25) is 9.59 Å². The van der Waals surface area contributed by atoms with Gasteiger partial charge in [0.25, 0.3) is 11.5 Å². The molecule has 13 heavy (non-hydrogen) atoms. The molecule has 0 saturated carbocycles. The molecule has 1 aliphatic heterocycles. The molecule has 0 aliphatic carbocycles. The molecule has 0 aromatic carbocycles. The van der Waals surface area contributed by atoms with E-state index in [9.17, 15) is 18.8 Å². The minimum atomic E-state index is -2.56. The Bertz CT molecular complexity index is 253. The number of carboxylic acids is 1. The molecule has 7 heteroatoms. The smallest absolute Gasteiger partial charge is 0.360 e. The van der Waals surface area contributed by atoms with E-state index in [1.807, 2.05) is 0 Å². The fourth-order valence-electron chi connectivity index (χ4n) is 0.847. The van der Waals surface area contributed by atoms with Gasteiger partial charge in [-0.15, -0.1) is 0 Å². The van der Waals surface area contributed by atoms with Crippen molar-refractivity contribution >= 4 is 28.9 Å². The molecule has 1 atom stereocenters. The first-order valence-corrected chi connectivity index (χ1v) is 4.38. The average Bonchev–Trinajstić information content (AvgIpc) is 2.03. The first kappa shape index (κ1) is 9.97. The van der Waals surface area contributed by atoms with Crippen molar-refractivity contribution in [2.75, 3.05) is 5.75 Å². The summed E-state index contributed by atoms with van der Waals surface area (Å²) < 4.78 is 12.8. The van der Waals surface area contributed by atoms with Gasteiger partial charge in [-0.05, 0) is 0 Å². The topological polar surface area (TPSA) is 74.7 Å². The maximum Gasteiger partial charge on any atom is 0.360 e. The monoisotopic (exact) mass is 207 g/mol. The Hall–Kier alpha value is -1.11. The molecular formula is C6H6FNO4S. The van der Waals surface area contributed by atoms with E-state index in [1.54, 1.807) is 0 Å². The molecule has 1 fully saturated rings. The second kappa shape index (κ2) is 3.73. The minimum absolute atomic E-state index is 0.00981. The van der Waals surface area contributed by atoms with Crippen LogP contribution in [0.4, 0.5) is 9.18 Å². The van der Waals surface area contributed by atoms with Gasteiger partial charge >= 0.3 is 5.97 Å². The maximum atomic E-state index is 12.8. The SMILES string of the molecule is O=C(O)C(F)N1C(=O)CCSC1=O. The van der Waals surface area contributed by atoms with Crippen molar-refractivity contribution in [2.45, 2.75) is 12.7 Å². The lowest BCUT2D eigenvalue weighted by Crippen LogP contribution is -2.47. The number of alkyl halides is 1. The van der Waals surface area contributed by atoms with Crippen LogP contribution in [0.2, 0.25) is 0 Å². The van der Waals surface area contributed by atoms with Gasteiger partial charge in [-0.25, -0.2) is 14.1 Å². The Morgan fingerprint density at radius 1 is 1.62 bits per heavy atom. The summed E-state index contributed by atoms with van der Waals surface area (Å²) in [5.41, 5.74) is 0. The number of nitrogens with zero attached hydrogens (tertiary/aromatic N) is 1. The lowest BCUT2D eigenvalue weighted by atomic mass is 10.4. The zero-order valence-corrected chi connectivity index (χ0v) is 7.21. The predicted octanol–water partition coefficient (Wildman–Crippen LogP) is 0.452. The van der Waals surface area contributed by atoms with Gasteiger partial charge in [-0.1, -0.05) is 11.8 Å². The second-order valence-electron chi connectivity index (χ2n) is 2.30. The van der Waals surface area contributed by atoms with Crippen molar-refractivity contribution in [3.8, 4) is 0 Å². The summed E-state index contributed by atoms with van der Waals surface area (Å²) in [7, 11) is 0. The van der Waals surface area contributed by atoms with Gasteiger partial charge in [0.1, 0.15) is 0 Å². The quantitative estimate of drug-likeness (QED) is 0.665. The van der Waals surface area contributed by atoms with E-state index in [0.717, 1.165) is 11.8 Å². The third kappa shape index (κ3) is 1.97. The molecule has 1 aliphatic rings. The van der Waals surface area contributed by atoms with Crippen LogP contribution >= 0.6 is 11.8 Å². The van der Waals surface area contributed by atoms with Gasteiger partial charge in [-0.2, -0.15) is 0 Å². The third-order valence-electron chi connectivity index (χ3n) is 1.44. The number of imide groups is 1. The molecule has 0 aromatic heterocycles. The van der Waals surface area contributed by atoms with E-state index >= 15 is 0 Å². The Balaban J connectivity index is 2.80. The van der Waals surface area contributed by atoms with Crippen molar-refractivity contribution in [3.63, 3.8) is 0 Å². The number of rotatable bonds is 2. The average molecular weight is 207 g/mol. The highest BCUT2D eigenvalue weighted by Crippen LogP contribution is 2.21. The van der Waals surface area contributed by atoms with Crippen LogP contribution in [0.3, 0.4) is 0 Å². The van der Waals surface area contributed by atoms with E-state index in [-0.39, 0.29) is 17.1 Å². The van der Waals surface area contributed by atoms with Crippen molar-refractivity contribution in [1.82, 2.24) is 4.90 Å². The lowest BCUT2D eigenvalue weighted by Gasteiger charge is -2.24. The van der Waals surface area contributed by atoms with Crippen LogP contribution in [-0.2, 0) is 9.59 Å². The largest absolute Gasteiger partial charge is 0.478 e. The molecule has 0 aromatic rings. The van der Waals surface area contributed by atoms with E-state index in [0.29, 0.717) is 0 Å². The Morgan fingerprint density at radius 2 is 2.23 bits per heavy atom. The third-order valence-corrected chi connectivity index (χ3v) is 2.29. The molecule has 0 radical (unpaired) electrons. The number of carbonyl (C=O) groups is 3. The van der Waals surface area contributed by atoms with Crippen molar-refractivity contribution in [2.24, 2.45) is 0 Å². The number of amides is 2. The van der Waals surface area contributed by atoms with Crippen molar-refractivity contribution < 1.29 is 23.9 Å². The molecule has 72 valence electrons. The number of hydrogen-bond acceptors (Lipinski definition) is 4. The first-order chi connectivity index (χ1) is 6.04. The number of carboxylic acid groups (broad SMARTS) is 1. The highest BCUT2D eigenvalue weighted by atomic mass is 32.2. The minimum Gasteiger partial charge on any atom is -0.478 e. The van der Waals surface area contributed by atoms with Crippen LogP contribution in [0, 0.1) is 0 Å². The van der Waals surface area contributed by atoms with Gasteiger partial charge in [0.2, 0.25) is 5.91 Å². The van der Waals surface area contributed by atoms with Gasteiger partial charge in [0.15, 0.2) is 0 Å². The van der Waals surface area contributed by atoms with Crippen molar-refractivity contribution in [3.05, 3.63) is 0 Å². The summed E-state index contributed by atoms with van der Waals surface area (Å²) in [5.74, 6) is -2.33. The standard InChI is InChI=1S/C6H6FNO4S/c7-4(5(10)11)8-3(9)1-2-13-6(8)12/h4H,1-2H2,(H,10,11). The second-order valence-corrected chi connectivity index (χ2v) is 3.35. The maximum absolute atomic E-state index is 12.8. The van der Waals surface area contributed by atoms with Crippen LogP contribution in [-0.4, -0.2) is 39.2 Å². The summed E-state index contributed by atoms with van der Waals surface area (Å²) in [4.78, 5) is 32.1. The predicted molar refractivity (Wildman–Crippen MR) is 41.8 cm³/mol. The van der Waals surface area contributed by atoms with Crippen LogP contribution in [0.5, 0.6) is 0 Å². The zero-order valence-electron chi connectivity index (χ0n) is 6.40. The molecule has 5 nitrogen and oxygen atoms in total. The van der Waals surface area contributed by atoms with Crippen LogP contribution < -0.4 is 0 Å². The van der Waals surface area contributed by atoms with Crippen LogP contribution in [0.1, 0.15) is 6.42 Å². The van der Waals surface area contributed by atoms with E-state index in [1.165, 1.54) is 0 Å². The van der Waals surface area contributed by atoms with E-state index < -0.39 is 23.4 Å². The Kier molecular flexibility index (Phi) is 2.86. The first-order valence-electron chi connectivity index (χ1n) is 3.39. The highest BCUT2D eigenvalue weighted by Gasteiger charge is 2.37. The molecule has 0 spiro atoms. The Labute approximate surface area is 76.9 Å². The van der Waals surface area contributed by atoms with Gasteiger partial charge in [0, 0.05) is 12.2 Å². The number of carbonyl (C=O) groups excluding carboxylic acids is 2. The number of thioether (sulfide) groups is 1. The fraction of sp³-hybridized carbons (Fsp3) is 0.500. The highest BCUT2D eigenvalue weighted by molar-refractivity contribution is 8.13. The molecule has 0 bridgehead atoms.